The first-order valence-electron chi connectivity index (χ1n) is 10.0. The van der Waals surface area contributed by atoms with Crippen LogP contribution in [-0.2, 0) is 9.59 Å². The molecule has 29 heavy (non-hydrogen) atoms. The number of methoxy groups -OCH3 is 1. The summed E-state index contributed by atoms with van der Waals surface area (Å²) in [7, 11) is 1.60. The molecule has 0 aromatic heterocycles. The molecule has 0 fully saturated rings. The maximum atomic E-state index is 12.7. The molecule has 2 rings (SSSR count). The molecule has 6 nitrogen and oxygen atoms in total. The van der Waals surface area contributed by atoms with Crippen LogP contribution in [0.15, 0.2) is 48.5 Å². The molecule has 2 atom stereocenters. The molecule has 0 bridgehead atoms. The van der Waals surface area contributed by atoms with Gasteiger partial charge in [-0.3, -0.25) is 9.59 Å². The maximum Gasteiger partial charge on any atom is 0.282 e. The third-order valence-corrected chi connectivity index (χ3v) is 5.07. The molecule has 0 aliphatic carbocycles. The number of ether oxygens (including phenoxy) is 1. The number of rotatable bonds is 9. The summed E-state index contributed by atoms with van der Waals surface area (Å²) in [5.41, 5.74) is 2.70. The van der Waals surface area contributed by atoms with E-state index in [1.165, 1.54) is 5.56 Å². The number of carbonyl (C=O) groups excluding carboxylic acids is 2. The fourth-order valence-corrected chi connectivity index (χ4v) is 3.06. The minimum atomic E-state index is -0.355. The number of hydrogen-bond acceptors (Lipinski definition) is 3. The molecule has 0 saturated heterocycles. The highest BCUT2D eigenvalue weighted by Crippen LogP contribution is 2.17. The van der Waals surface area contributed by atoms with Gasteiger partial charge in [-0.1, -0.05) is 26.0 Å². The number of likely N-dealkylation sites (N-methyl/N-ethyl adjacent to an activating group) is 1. The summed E-state index contributed by atoms with van der Waals surface area (Å²) in [5.74, 6) is 0.947. The Morgan fingerprint density at radius 2 is 1.48 bits per heavy atom. The van der Waals surface area contributed by atoms with Gasteiger partial charge in [-0.25, -0.2) is 0 Å². The molecule has 0 radical (unpaired) electrons. The second-order valence-electron chi connectivity index (χ2n) is 7.45. The average Bonchev–Trinajstić information content (AvgIpc) is 2.72. The summed E-state index contributed by atoms with van der Waals surface area (Å²) < 4.78 is 5.12. The van der Waals surface area contributed by atoms with E-state index in [1.54, 1.807) is 31.4 Å². The molecule has 2 aromatic carbocycles. The first-order valence-corrected chi connectivity index (χ1v) is 10.0. The minimum absolute atomic E-state index is 0.101. The van der Waals surface area contributed by atoms with Crippen molar-refractivity contribution in [2.75, 3.05) is 30.8 Å². The molecule has 2 amide bonds. The summed E-state index contributed by atoms with van der Waals surface area (Å²) in [4.78, 5) is 26.0. The Balaban J connectivity index is 1.92. The van der Waals surface area contributed by atoms with Crippen molar-refractivity contribution < 1.29 is 19.2 Å². The van der Waals surface area contributed by atoms with Gasteiger partial charge in [0.2, 0.25) is 0 Å². The number of carbonyl (C=O) groups is 2. The quantitative estimate of drug-likeness (QED) is 0.608. The number of quaternary nitrogens is 1. The van der Waals surface area contributed by atoms with Gasteiger partial charge in [0.1, 0.15) is 5.75 Å². The standard InChI is InChI=1S/C23H31N3O3/c1-6-26(15-22(27)24-19-11-13-21(29-5)14-12-19)17(4)23(28)25-20-9-7-18(8-10-20)16(2)3/h7-14,16-17H,6,15H2,1-5H3,(H,24,27)(H,25,28)/p+1/t17-/m1/s1. The summed E-state index contributed by atoms with van der Waals surface area (Å²) in [6.45, 7) is 8.96. The van der Waals surface area contributed by atoms with Crippen LogP contribution in [0.1, 0.15) is 39.2 Å². The van der Waals surface area contributed by atoms with Gasteiger partial charge < -0.3 is 20.3 Å². The Morgan fingerprint density at radius 1 is 0.931 bits per heavy atom. The Hall–Kier alpha value is -2.86. The topological polar surface area (TPSA) is 71.9 Å². The van der Waals surface area contributed by atoms with Crippen molar-refractivity contribution in [1.82, 2.24) is 0 Å². The Bertz CT molecular complexity index is 801. The normalized spacial score (nSPS) is 12.9. The lowest BCUT2D eigenvalue weighted by atomic mass is 10.0. The Labute approximate surface area is 173 Å². The number of amides is 2. The van der Waals surface area contributed by atoms with E-state index in [-0.39, 0.29) is 24.4 Å². The van der Waals surface area contributed by atoms with E-state index in [1.807, 2.05) is 38.1 Å². The van der Waals surface area contributed by atoms with Crippen LogP contribution in [0, 0.1) is 0 Å². The van der Waals surface area contributed by atoms with Crippen molar-refractivity contribution in [1.29, 1.82) is 0 Å². The second-order valence-corrected chi connectivity index (χ2v) is 7.45. The van der Waals surface area contributed by atoms with Gasteiger partial charge in [-0.15, -0.1) is 0 Å². The maximum absolute atomic E-state index is 12.7. The van der Waals surface area contributed by atoms with Crippen molar-refractivity contribution in [3.63, 3.8) is 0 Å². The van der Waals surface area contributed by atoms with Crippen molar-refractivity contribution in [2.45, 2.75) is 39.7 Å². The summed E-state index contributed by atoms with van der Waals surface area (Å²) in [6, 6.07) is 14.7. The smallest absolute Gasteiger partial charge is 0.282 e. The number of hydrogen-bond donors (Lipinski definition) is 3. The highest BCUT2D eigenvalue weighted by Gasteiger charge is 2.26. The van der Waals surface area contributed by atoms with Crippen LogP contribution in [0.2, 0.25) is 0 Å². The molecule has 0 aliphatic rings. The first-order chi connectivity index (χ1) is 13.8. The molecule has 2 aromatic rings. The lowest BCUT2D eigenvalue weighted by Crippen LogP contribution is -3.17. The van der Waals surface area contributed by atoms with Crippen LogP contribution < -0.4 is 20.3 Å². The van der Waals surface area contributed by atoms with Gasteiger partial charge in [-0.05, 0) is 61.7 Å². The third kappa shape index (κ3) is 6.61. The Morgan fingerprint density at radius 3 is 2.00 bits per heavy atom. The lowest BCUT2D eigenvalue weighted by molar-refractivity contribution is -0.904. The Kier molecular flexibility index (Phi) is 8.21. The highest BCUT2D eigenvalue weighted by atomic mass is 16.5. The van der Waals surface area contributed by atoms with Gasteiger partial charge in [0.05, 0.1) is 13.7 Å². The predicted molar refractivity (Wildman–Crippen MR) is 117 cm³/mol. The monoisotopic (exact) mass is 398 g/mol. The van der Waals surface area contributed by atoms with Gasteiger partial charge in [-0.2, -0.15) is 0 Å². The zero-order valence-corrected chi connectivity index (χ0v) is 17.9. The second kappa shape index (κ2) is 10.6. The molecule has 0 aliphatic heterocycles. The van der Waals surface area contributed by atoms with Crippen molar-refractivity contribution in [2.24, 2.45) is 0 Å². The van der Waals surface area contributed by atoms with E-state index >= 15 is 0 Å². The van der Waals surface area contributed by atoms with Crippen LogP contribution >= 0.6 is 0 Å². The molecule has 3 N–H and O–H groups in total. The number of benzene rings is 2. The molecule has 1 unspecified atom stereocenters. The summed E-state index contributed by atoms with van der Waals surface area (Å²) in [6.07, 6.45) is 0. The van der Waals surface area contributed by atoms with Gasteiger partial charge in [0.25, 0.3) is 11.8 Å². The third-order valence-electron chi connectivity index (χ3n) is 5.07. The van der Waals surface area contributed by atoms with Crippen molar-refractivity contribution in [3.05, 3.63) is 54.1 Å². The molecule has 0 saturated carbocycles. The largest absolute Gasteiger partial charge is 0.497 e. The highest BCUT2D eigenvalue weighted by molar-refractivity contribution is 5.94. The van der Waals surface area contributed by atoms with E-state index in [4.69, 9.17) is 4.74 Å². The van der Waals surface area contributed by atoms with E-state index < -0.39 is 0 Å². The predicted octanol–water partition coefficient (Wildman–Crippen LogP) is 2.69. The SMILES string of the molecule is CC[NH+](CC(=O)Nc1ccc(OC)cc1)[C@H](C)C(=O)Nc1ccc(C(C)C)cc1. The van der Waals surface area contributed by atoms with Crippen LogP contribution in [0.5, 0.6) is 5.75 Å². The lowest BCUT2D eigenvalue weighted by Gasteiger charge is -2.23. The van der Waals surface area contributed by atoms with Gasteiger partial charge >= 0.3 is 0 Å². The molecule has 0 spiro atoms. The molecule has 6 heteroatoms. The van der Waals surface area contributed by atoms with E-state index in [0.29, 0.717) is 18.2 Å². The molecule has 156 valence electrons. The van der Waals surface area contributed by atoms with Crippen LogP contribution in [0.25, 0.3) is 0 Å². The van der Waals surface area contributed by atoms with E-state index in [0.717, 1.165) is 16.3 Å². The summed E-state index contributed by atoms with van der Waals surface area (Å²) in [5, 5.41) is 5.82. The van der Waals surface area contributed by atoms with Crippen molar-refractivity contribution >= 4 is 23.2 Å². The fourth-order valence-electron chi connectivity index (χ4n) is 3.06. The first kappa shape index (κ1) is 22.4. The van der Waals surface area contributed by atoms with E-state index in [9.17, 15) is 9.59 Å². The molecular weight excluding hydrogens is 366 g/mol. The van der Waals surface area contributed by atoms with Crippen LogP contribution in [0.4, 0.5) is 11.4 Å². The van der Waals surface area contributed by atoms with Gasteiger partial charge in [0.15, 0.2) is 12.6 Å². The van der Waals surface area contributed by atoms with Crippen molar-refractivity contribution in [3.8, 4) is 5.75 Å². The molecular formula is C23H32N3O3+. The number of anilines is 2. The van der Waals surface area contributed by atoms with Crippen LogP contribution in [-0.4, -0.2) is 38.1 Å². The van der Waals surface area contributed by atoms with Crippen LogP contribution in [0.3, 0.4) is 0 Å². The van der Waals surface area contributed by atoms with E-state index in [2.05, 4.69) is 24.5 Å². The zero-order chi connectivity index (χ0) is 21.4. The summed E-state index contributed by atoms with van der Waals surface area (Å²) >= 11 is 0. The average molecular weight is 399 g/mol. The minimum Gasteiger partial charge on any atom is -0.497 e. The molecule has 0 heterocycles. The van der Waals surface area contributed by atoms with Gasteiger partial charge in [0, 0.05) is 11.4 Å². The number of nitrogens with one attached hydrogen (secondary N) is 3. The zero-order valence-electron chi connectivity index (χ0n) is 17.9. The fraction of sp³-hybridized carbons (Fsp3) is 0.391.